The third-order valence-electron chi connectivity index (χ3n) is 1.16. The first kappa shape index (κ1) is 5.35. The van der Waals surface area contributed by atoms with Crippen molar-refractivity contribution in [1.82, 2.24) is 0 Å². The van der Waals surface area contributed by atoms with E-state index < -0.39 is 0 Å². The average molecular weight is 111 g/mol. The number of oxime groups is 1. The summed E-state index contributed by atoms with van der Waals surface area (Å²) in [4.78, 5) is 0. The van der Waals surface area contributed by atoms with Crippen LogP contribution in [0.15, 0.2) is 17.3 Å². The highest BCUT2D eigenvalue weighted by Gasteiger charge is 2.16. The molecule has 0 heterocycles. The molecule has 1 saturated carbocycles. The molecule has 44 valence electrons. The van der Waals surface area contributed by atoms with Crippen LogP contribution in [0.25, 0.3) is 0 Å². The normalized spacial score (nSPS) is 21.0. The van der Waals surface area contributed by atoms with Gasteiger partial charge in [-0.05, 0) is 24.8 Å². The summed E-state index contributed by atoms with van der Waals surface area (Å²) >= 11 is 0. The molecule has 0 aromatic heterocycles. The summed E-state index contributed by atoms with van der Waals surface area (Å²) in [7, 11) is 0. The van der Waals surface area contributed by atoms with Crippen LogP contribution < -0.4 is 0 Å². The monoisotopic (exact) mass is 111 g/mol. The van der Waals surface area contributed by atoms with Gasteiger partial charge in [-0.3, -0.25) is 0 Å². The lowest BCUT2D eigenvalue weighted by Crippen LogP contribution is -1.64. The van der Waals surface area contributed by atoms with Crippen molar-refractivity contribution in [2.24, 2.45) is 11.1 Å². The molecule has 0 aromatic rings. The van der Waals surface area contributed by atoms with E-state index in [1.54, 1.807) is 6.08 Å². The first-order valence-corrected chi connectivity index (χ1v) is 2.77. The van der Waals surface area contributed by atoms with Crippen molar-refractivity contribution in [1.29, 1.82) is 0 Å². The van der Waals surface area contributed by atoms with Crippen molar-refractivity contribution < 1.29 is 5.21 Å². The van der Waals surface area contributed by atoms with Crippen molar-refractivity contribution in [3.05, 3.63) is 12.2 Å². The largest absolute Gasteiger partial charge is 0.411 e. The lowest BCUT2D eigenvalue weighted by molar-refractivity contribution is 0.322. The van der Waals surface area contributed by atoms with Gasteiger partial charge in [-0.15, -0.1) is 0 Å². The van der Waals surface area contributed by atoms with Gasteiger partial charge in [0.15, 0.2) is 0 Å². The molecule has 2 nitrogen and oxygen atoms in total. The predicted molar refractivity (Wildman–Crippen MR) is 32.1 cm³/mol. The first-order valence-electron chi connectivity index (χ1n) is 2.77. The van der Waals surface area contributed by atoms with Crippen LogP contribution >= 0.6 is 0 Å². The molecule has 1 aliphatic rings. The van der Waals surface area contributed by atoms with Gasteiger partial charge in [0.1, 0.15) is 0 Å². The van der Waals surface area contributed by atoms with Crippen molar-refractivity contribution in [2.45, 2.75) is 12.8 Å². The van der Waals surface area contributed by atoms with Gasteiger partial charge >= 0.3 is 0 Å². The molecule has 0 unspecified atom stereocenters. The van der Waals surface area contributed by atoms with Crippen molar-refractivity contribution in [3.63, 3.8) is 0 Å². The van der Waals surface area contributed by atoms with E-state index in [1.165, 1.54) is 19.1 Å². The van der Waals surface area contributed by atoms with Gasteiger partial charge in [-0.1, -0.05) is 11.2 Å². The number of allylic oxidation sites excluding steroid dienone is 2. The van der Waals surface area contributed by atoms with Crippen molar-refractivity contribution >= 4 is 6.21 Å². The third kappa shape index (κ3) is 1.78. The van der Waals surface area contributed by atoms with Gasteiger partial charge in [0, 0.05) is 0 Å². The smallest absolute Gasteiger partial charge is 0.0658 e. The van der Waals surface area contributed by atoms with E-state index in [4.69, 9.17) is 5.21 Å². The zero-order chi connectivity index (χ0) is 5.82. The molecule has 1 fully saturated rings. The molecule has 0 radical (unpaired) electrons. The fraction of sp³-hybridized carbons (Fsp3) is 0.500. The van der Waals surface area contributed by atoms with E-state index in [-0.39, 0.29) is 0 Å². The van der Waals surface area contributed by atoms with Gasteiger partial charge in [-0.2, -0.15) is 0 Å². The summed E-state index contributed by atoms with van der Waals surface area (Å²) in [6.07, 6.45) is 7.82. The van der Waals surface area contributed by atoms with E-state index in [1.807, 2.05) is 0 Å². The van der Waals surface area contributed by atoms with Gasteiger partial charge in [-0.25, -0.2) is 0 Å². The minimum Gasteiger partial charge on any atom is -0.411 e. The standard InChI is InChI=1S/C6H9NO/c8-7-5-1-2-6-3-4-6/h1-2,5-6,8H,3-4H2/b2-1-,7-5?. The highest BCUT2D eigenvalue weighted by molar-refractivity contribution is 5.70. The molecular weight excluding hydrogens is 102 g/mol. The van der Waals surface area contributed by atoms with E-state index in [0.29, 0.717) is 0 Å². The maximum absolute atomic E-state index is 7.92. The Labute approximate surface area is 48.5 Å². The van der Waals surface area contributed by atoms with Crippen LogP contribution in [0.4, 0.5) is 0 Å². The minimum atomic E-state index is 0.771. The predicted octanol–water partition coefficient (Wildman–Crippen LogP) is 1.41. The number of hydrogen-bond acceptors (Lipinski definition) is 2. The summed E-state index contributed by atoms with van der Waals surface area (Å²) in [6.45, 7) is 0. The lowest BCUT2D eigenvalue weighted by Gasteiger charge is -1.72. The second-order valence-electron chi connectivity index (χ2n) is 1.99. The lowest BCUT2D eigenvalue weighted by atomic mass is 10.4. The Morgan fingerprint density at radius 3 is 2.75 bits per heavy atom. The number of rotatable bonds is 2. The van der Waals surface area contributed by atoms with Crippen LogP contribution in [0.5, 0.6) is 0 Å². The summed E-state index contributed by atoms with van der Waals surface area (Å²) in [6, 6.07) is 0. The molecule has 0 saturated heterocycles. The SMILES string of the molecule is ON=C/C=C\C1CC1. The zero-order valence-electron chi connectivity index (χ0n) is 4.62. The third-order valence-corrected chi connectivity index (χ3v) is 1.16. The second kappa shape index (κ2) is 2.50. The summed E-state index contributed by atoms with van der Waals surface area (Å²) in [5, 5.41) is 10.7. The quantitative estimate of drug-likeness (QED) is 0.326. The van der Waals surface area contributed by atoms with Crippen LogP contribution in [0.1, 0.15) is 12.8 Å². The van der Waals surface area contributed by atoms with Crippen LogP contribution in [0.3, 0.4) is 0 Å². The minimum absolute atomic E-state index is 0.771. The van der Waals surface area contributed by atoms with Gasteiger partial charge in [0.2, 0.25) is 0 Å². The molecule has 1 aliphatic carbocycles. The Hall–Kier alpha value is -0.790. The van der Waals surface area contributed by atoms with Crippen molar-refractivity contribution in [3.8, 4) is 0 Å². The fourth-order valence-corrected chi connectivity index (χ4v) is 0.534. The zero-order valence-corrected chi connectivity index (χ0v) is 4.62. The molecule has 1 N–H and O–H groups in total. The number of hydrogen-bond donors (Lipinski definition) is 1. The Morgan fingerprint density at radius 2 is 2.25 bits per heavy atom. The van der Waals surface area contributed by atoms with E-state index in [9.17, 15) is 0 Å². The second-order valence-corrected chi connectivity index (χ2v) is 1.99. The molecule has 0 aliphatic heterocycles. The highest BCUT2D eigenvalue weighted by Crippen LogP contribution is 2.29. The maximum atomic E-state index is 7.92. The van der Waals surface area contributed by atoms with Gasteiger partial charge in [0.25, 0.3) is 0 Å². The van der Waals surface area contributed by atoms with E-state index in [0.717, 1.165) is 5.92 Å². The van der Waals surface area contributed by atoms with Crippen LogP contribution in [-0.4, -0.2) is 11.4 Å². The summed E-state index contributed by atoms with van der Waals surface area (Å²) < 4.78 is 0. The first-order chi connectivity index (χ1) is 3.93. The average Bonchev–Trinajstić information content (AvgIpc) is 2.51. The van der Waals surface area contributed by atoms with E-state index >= 15 is 0 Å². The topological polar surface area (TPSA) is 32.6 Å². The molecule has 0 atom stereocenters. The fourth-order valence-electron chi connectivity index (χ4n) is 0.534. The molecule has 0 spiro atoms. The Kier molecular flexibility index (Phi) is 1.67. The maximum Gasteiger partial charge on any atom is 0.0658 e. The summed E-state index contributed by atoms with van der Waals surface area (Å²) in [5.74, 6) is 0.771. The van der Waals surface area contributed by atoms with Gasteiger partial charge < -0.3 is 5.21 Å². The molecule has 8 heavy (non-hydrogen) atoms. The van der Waals surface area contributed by atoms with Crippen LogP contribution in [-0.2, 0) is 0 Å². The van der Waals surface area contributed by atoms with Crippen LogP contribution in [0.2, 0.25) is 0 Å². The highest BCUT2D eigenvalue weighted by atomic mass is 16.4. The van der Waals surface area contributed by atoms with Gasteiger partial charge in [0.05, 0.1) is 6.21 Å². The molecule has 0 bridgehead atoms. The van der Waals surface area contributed by atoms with Crippen molar-refractivity contribution in [2.75, 3.05) is 0 Å². The molecular formula is C6H9NO. The van der Waals surface area contributed by atoms with E-state index in [2.05, 4.69) is 11.2 Å². The number of nitrogens with zero attached hydrogens (tertiary/aromatic N) is 1. The molecule has 2 heteroatoms. The Bertz CT molecular complexity index is 114. The molecule has 0 aromatic carbocycles. The Morgan fingerprint density at radius 1 is 1.50 bits per heavy atom. The molecule has 0 amide bonds. The Balaban J connectivity index is 2.13. The molecule has 1 rings (SSSR count). The summed E-state index contributed by atoms with van der Waals surface area (Å²) in [5.41, 5.74) is 0. The van der Waals surface area contributed by atoms with Crippen LogP contribution in [0, 0.1) is 5.92 Å².